The monoisotopic (exact) mass is 284 g/mol. The summed E-state index contributed by atoms with van der Waals surface area (Å²) in [4.78, 5) is 8.63. The van der Waals surface area contributed by atoms with E-state index in [0.717, 1.165) is 11.3 Å². The molecule has 2 aromatic rings. The molecule has 0 aliphatic heterocycles. The third kappa shape index (κ3) is 3.28. The van der Waals surface area contributed by atoms with Gasteiger partial charge in [0, 0.05) is 6.42 Å². The van der Waals surface area contributed by atoms with Crippen LogP contribution >= 0.6 is 11.8 Å². The van der Waals surface area contributed by atoms with Crippen LogP contribution in [0.15, 0.2) is 29.4 Å². The number of nitrogens with zero attached hydrogens (tertiary/aromatic N) is 3. The number of nitriles is 1. The van der Waals surface area contributed by atoms with Crippen molar-refractivity contribution in [2.24, 2.45) is 0 Å². The summed E-state index contributed by atoms with van der Waals surface area (Å²) in [6.45, 7) is 4.07. The van der Waals surface area contributed by atoms with E-state index in [0.29, 0.717) is 22.8 Å². The Morgan fingerprint density at radius 3 is 2.80 bits per heavy atom. The van der Waals surface area contributed by atoms with E-state index in [-0.39, 0.29) is 5.82 Å². The van der Waals surface area contributed by atoms with Crippen LogP contribution in [0.5, 0.6) is 0 Å². The van der Waals surface area contributed by atoms with Gasteiger partial charge in [-0.3, -0.25) is 0 Å². The van der Waals surface area contributed by atoms with Crippen LogP contribution in [-0.4, -0.2) is 15.7 Å². The number of anilines is 1. The van der Waals surface area contributed by atoms with E-state index in [4.69, 9.17) is 5.73 Å². The number of rotatable bonds is 4. The minimum atomic E-state index is 0.265. The van der Waals surface area contributed by atoms with Crippen molar-refractivity contribution in [1.82, 2.24) is 9.97 Å². The number of hydrogen-bond donors (Lipinski definition) is 1. The van der Waals surface area contributed by atoms with E-state index in [1.165, 1.54) is 17.3 Å². The van der Waals surface area contributed by atoms with Gasteiger partial charge in [-0.05, 0) is 18.2 Å². The lowest BCUT2D eigenvalue weighted by Crippen LogP contribution is -2.06. The molecule has 2 rings (SSSR count). The van der Waals surface area contributed by atoms with Crippen LogP contribution in [0.4, 0.5) is 5.82 Å². The lowest BCUT2D eigenvalue weighted by atomic mass is 10.0. The Hall–Kier alpha value is -2.06. The molecule has 0 radical (unpaired) electrons. The fourth-order valence-electron chi connectivity index (χ4n) is 1.96. The van der Waals surface area contributed by atoms with Crippen molar-refractivity contribution in [2.45, 2.75) is 25.4 Å². The van der Waals surface area contributed by atoms with Gasteiger partial charge in [0.25, 0.3) is 0 Å². The first-order valence-corrected chi connectivity index (χ1v) is 7.37. The molecule has 0 fully saturated rings. The third-order valence-electron chi connectivity index (χ3n) is 2.83. The largest absolute Gasteiger partial charge is 0.382 e. The van der Waals surface area contributed by atoms with Gasteiger partial charge in [-0.2, -0.15) is 5.26 Å². The highest BCUT2D eigenvalue weighted by molar-refractivity contribution is 7.99. The summed E-state index contributed by atoms with van der Waals surface area (Å²) in [5.41, 5.74) is 9.24. The van der Waals surface area contributed by atoms with Crippen LogP contribution in [0.3, 0.4) is 0 Å². The van der Waals surface area contributed by atoms with Gasteiger partial charge >= 0.3 is 0 Å². The molecule has 1 aromatic heterocycles. The standard InChI is InChI=1S/C15H16N4S/c1-3-20-15-18-13(12(9-16)14(17)19-15)8-11-6-4-5-10(2)7-11/h4-7H,3,8H2,1-2H3,(H2,17,18,19). The lowest BCUT2D eigenvalue weighted by Gasteiger charge is -2.08. The number of thioether (sulfide) groups is 1. The Labute approximate surface area is 123 Å². The summed E-state index contributed by atoms with van der Waals surface area (Å²) in [7, 11) is 0. The van der Waals surface area contributed by atoms with Crippen molar-refractivity contribution in [3.05, 3.63) is 46.6 Å². The van der Waals surface area contributed by atoms with Crippen molar-refractivity contribution in [2.75, 3.05) is 11.5 Å². The molecule has 0 aliphatic rings. The maximum absolute atomic E-state index is 9.24. The van der Waals surface area contributed by atoms with E-state index in [2.05, 4.69) is 22.1 Å². The third-order valence-corrected chi connectivity index (χ3v) is 3.56. The number of nitrogen functional groups attached to an aromatic ring is 1. The molecule has 102 valence electrons. The summed E-state index contributed by atoms with van der Waals surface area (Å²) >= 11 is 1.52. The Bertz CT molecular complexity index is 661. The van der Waals surface area contributed by atoms with E-state index < -0.39 is 0 Å². The van der Waals surface area contributed by atoms with Crippen LogP contribution in [-0.2, 0) is 6.42 Å². The van der Waals surface area contributed by atoms with Gasteiger partial charge in [-0.1, -0.05) is 48.5 Å². The molecule has 0 atom stereocenters. The molecule has 1 heterocycles. The molecule has 0 aliphatic carbocycles. The maximum Gasteiger partial charge on any atom is 0.189 e. The molecule has 20 heavy (non-hydrogen) atoms. The van der Waals surface area contributed by atoms with E-state index in [1.54, 1.807) is 0 Å². The highest BCUT2D eigenvalue weighted by atomic mass is 32.2. The summed E-state index contributed by atoms with van der Waals surface area (Å²) in [6.07, 6.45) is 0.592. The number of hydrogen-bond acceptors (Lipinski definition) is 5. The van der Waals surface area contributed by atoms with Gasteiger partial charge in [0.15, 0.2) is 5.16 Å². The number of nitrogens with two attached hydrogens (primary N) is 1. The highest BCUT2D eigenvalue weighted by Crippen LogP contribution is 2.21. The quantitative estimate of drug-likeness (QED) is 0.690. The number of aryl methyl sites for hydroxylation is 1. The Balaban J connectivity index is 2.41. The van der Waals surface area contributed by atoms with E-state index in [9.17, 15) is 5.26 Å². The topological polar surface area (TPSA) is 75.6 Å². The first-order valence-electron chi connectivity index (χ1n) is 6.39. The predicted octanol–water partition coefficient (Wildman–Crippen LogP) is 2.94. The molecule has 5 heteroatoms. The predicted molar refractivity (Wildman–Crippen MR) is 81.5 cm³/mol. The fraction of sp³-hybridized carbons (Fsp3) is 0.267. The second-order valence-electron chi connectivity index (χ2n) is 4.42. The second-order valence-corrected chi connectivity index (χ2v) is 5.65. The van der Waals surface area contributed by atoms with Gasteiger partial charge in [-0.25, -0.2) is 9.97 Å². The average molecular weight is 284 g/mol. The molecular formula is C15H16N4S. The normalized spacial score (nSPS) is 10.2. The smallest absolute Gasteiger partial charge is 0.189 e. The van der Waals surface area contributed by atoms with Gasteiger partial charge in [0.05, 0.1) is 5.69 Å². The lowest BCUT2D eigenvalue weighted by molar-refractivity contribution is 0.902. The minimum Gasteiger partial charge on any atom is -0.382 e. The molecule has 0 spiro atoms. The average Bonchev–Trinajstić information content (AvgIpc) is 2.39. The Kier molecular flexibility index (Phi) is 4.59. The van der Waals surface area contributed by atoms with Crippen LogP contribution < -0.4 is 5.73 Å². The molecule has 0 unspecified atom stereocenters. The molecule has 0 amide bonds. The van der Waals surface area contributed by atoms with Crippen LogP contribution in [0, 0.1) is 18.3 Å². The van der Waals surface area contributed by atoms with Crippen molar-refractivity contribution >= 4 is 17.6 Å². The molecule has 1 aromatic carbocycles. The molecule has 0 saturated carbocycles. The molecule has 0 bridgehead atoms. The van der Waals surface area contributed by atoms with Gasteiger partial charge in [-0.15, -0.1) is 0 Å². The van der Waals surface area contributed by atoms with Gasteiger partial charge in [0.2, 0.25) is 0 Å². The Morgan fingerprint density at radius 2 is 2.15 bits per heavy atom. The summed E-state index contributed by atoms with van der Waals surface area (Å²) < 4.78 is 0. The van der Waals surface area contributed by atoms with E-state index in [1.807, 2.05) is 32.0 Å². The zero-order chi connectivity index (χ0) is 14.5. The first kappa shape index (κ1) is 14.4. The number of aromatic nitrogens is 2. The summed E-state index contributed by atoms with van der Waals surface area (Å²) in [5, 5.41) is 9.87. The molecule has 0 saturated heterocycles. The van der Waals surface area contributed by atoms with Crippen LogP contribution in [0.1, 0.15) is 29.3 Å². The SMILES string of the molecule is CCSc1nc(N)c(C#N)c(Cc2cccc(C)c2)n1. The first-order chi connectivity index (χ1) is 9.63. The number of benzene rings is 1. The van der Waals surface area contributed by atoms with Gasteiger partial charge in [0.1, 0.15) is 17.5 Å². The minimum absolute atomic E-state index is 0.265. The summed E-state index contributed by atoms with van der Waals surface area (Å²) in [5.74, 6) is 1.14. The summed E-state index contributed by atoms with van der Waals surface area (Å²) in [6, 6.07) is 10.3. The Morgan fingerprint density at radius 1 is 1.35 bits per heavy atom. The second kappa shape index (κ2) is 6.40. The highest BCUT2D eigenvalue weighted by Gasteiger charge is 2.13. The molecule has 2 N–H and O–H groups in total. The van der Waals surface area contributed by atoms with Crippen LogP contribution in [0.2, 0.25) is 0 Å². The van der Waals surface area contributed by atoms with E-state index >= 15 is 0 Å². The van der Waals surface area contributed by atoms with Crippen molar-refractivity contribution in [1.29, 1.82) is 5.26 Å². The van der Waals surface area contributed by atoms with Crippen molar-refractivity contribution in [3.63, 3.8) is 0 Å². The zero-order valence-electron chi connectivity index (χ0n) is 11.6. The zero-order valence-corrected chi connectivity index (χ0v) is 12.4. The van der Waals surface area contributed by atoms with Crippen LogP contribution in [0.25, 0.3) is 0 Å². The van der Waals surface area contributed by atoms with Crippen molar-refractivity contribution < 1.29 is 0 Å². The van der Waals surface area contributed by atoms with Crippen molar-refractivity contribution in [3.8, 4) is 6.07 Å². The van der Waals surface area contributed by atoms with Gasteiger partial charge < -0.3 is 5.73 Å². The molecular weight excluding hydrogens is 268 g/mol. The molecule has 4 nitrogen and oxygen atoms in total. The maximum atomic E-state index is 9.24. The fourth-order valence-corrected chi connectivity index (χ4v) is 2.56.